The van der Waals surface area contributed by atoms with Gasteiger partial charge in [0, 0.05) is 21.2 Å². The third kappa shape index (κ3) is 4.27. The van der Waals surface area contributed by atoms with Gasteiger partial charge < -0.3 is 4.55 Å². The Kier molecular flexibility index (Phi) is 6.20. The second-order valence-electron chi connectivity index (χ2n) is 7.25. The monoisotopic (exact) mass is 502 g/mol. The zero-order chi connectivity index (χ0) is 20.7. The lowest BCUT2D eigenvalue weighted by molar-refractivity contribution is 0.542. The van der Waals surface area contributed by atoms with Crippen LogP contribution in [0.1, 0.15) is 26.5 Å². The molecule has 3 rings (SSSR count). The molecule has 3 aromatic rings. The van der Waals surface area contributed by atoms with Crippen LogP contribution < -0.4 is 4.72 Å². The van der Waals surface area contributed by atoms with Gasteiger partial charge in [-0.3, -0.25) is 0 Å². The fourth-order valence-electron chi connectivity index (χ4n) is 2.70. The molecular formula is C19H20BrClN2O3S2. The molecule has 0 fully saturated rings. The lowest BCUT2D eigenvalue weighted by Crippen LogP contribution is -2.39. The van der Waals surface area contributed by atoms with Gasteiger partial charge in [0.2, 0.25) is 0 Å². The zero-order valence-corrected chi connectivity index (χ0v) is 19.5. The van der Waals surface area contributed by atoms with Crippen molar-refractivity contribution in [3.05, 3.63) is 63.7 Å². The molecule has 0 aliphatic rings. The molecule has 28 heavy (non-hydrogen) atoms. The van der Waals surface area contributed by atoms with Crippen LogP contribution in [0.5, 0.6) is 0 Å². The van der Waals surface area contributed by atoms with Crippen molar-refractivity contribution in [1.29, 1.82) is 0 Å². The molecule has 0 saturated heterocycles. The van der Waals surface area contributed by atoms with Gasteiger partial charge in [-0.25, -0.2) is 12.4 Å². The number of fused-ring (bicyclic) bond motifs is 1. The molecular weight excluding hydrogens is 484 g/mol. The van der Waals surface area contributed by atoms with Crippen molar-refractivity contribution in [2.24, 2.45) is 0 Å². The quantitative estimate of drug-likeness (QED) is 0.505. The Morgan fingerprint density at radius 1 is 1.18 bits per heavy atom. The predicted octanol–water partition coefficient (Wildman–Crippen LogP) is 4.85. The van der Waals surface area contributed by atoms with Gasteiger partial charge in [0.05, 0.1) is 27.7 Å². The van der Waals surface area contributed by atoms with E-state index in [4.69, 9.17) is 11.6 Å². The summed E-state index contributed by atoms with van der Waals surface area (Å²) in [6.07, 6.45) is 0. The van der Waals surface area contributed by atoms with E-state index in [1.54, 1.807) is 48.5 Å². The number of benzene rings is 2. The van der Waals surface area contributed by atoms with E-state index in [0.29, 0.717) is 26.1 Å². The van der Waals surface area contributed by atoms with Crippen molar-refractivity contribution in [1.82, 2.24) is 8.69 Å². The molecule has 150 valence electrons. The summed E-state index contributed by atoms with van der Waals surface area (Å²) in [5, 5.41) is 1.17. The van der Waals surface area contributed by atoms with E-state index in [1.165, 1.54) is 3.97 Å². The van der Waals surface area contributed by atoms with Crippen LogP contribution in [0.3, 0.4) is 0 Å². The van der Waals surface area contributed by atoms with Crippen LogP contribution in [0.15, 0.2) is 57.9 Å². The number of aromatic nitrogens is 1. The largest absolute Gasteiger partial charge is 0.598 e. The molecule has 1 aromatic heterocycles. The van der Waals surface area contributed by atoms with E-state index in [9.17, 15) is 13.0 Å². The summed E-state index contributed by atoms with van der Waals surface area (Å²) in [5.41, 5.74) is 0.976. The zero-order valence-electron chi connectivity index (χ0n) is 15.6. The second kappa shape index (κ2) is 8.01. The molecule has 0 bridgehead atoms. The molecule has 0 amide bonds. The van der Waals surface area contributed by atoms with Gasteiger partial charge in [-0.05, 0) is 67.0 Å². The highest BCUT2D eigenvalue weighted by Crippen LogP contribution is 2.33. The Labute approximate surface area is 181 Å². The first-order valence-corrected chi connectivity index (χ1v) is 12.2. The van der Waals surface area contributed by atoms with Crippen molar-refractivity contribution in [3.8, 4) is 0 Å². The third-order valence-corrected chi connectivity index (χ3v) is 8.59. The topological polar surface area (TPSA) is 74.2 Å². The molecule has 0 aliphatic carbocycles. The highest BCUT2D eigenvalue weighted by atomic mass is 79.9. The number of nitrogens with zero attached hydrogens (tertiary/aromatic N) is 1. The van der Waals surface area contributed by atoms with Crippen molar-refractivity contribution < 1.29 is 13.0 Å². The molecule has 5 nitrogen and oxygen atoms in total. The van der Waals surface area contributed by atoms with E-state index in [2.05, 4.69) is 20.7 Å². The Balaban J connectivity index is 2.17. The van der Waals surface area contributed by atoms with Crippen LogP contribution in [0.2, 0.25) is 5.02 Å². The Bertz CT molecular complexity index is 1110. The second-order valence-corrected chi connectivity index (χ2v) is 12.3. The summed E-state index contributed by atoms with van der Waals surface area (Å²) in [5.74, 6) is 0. The molecule has 1 atom stereocenters. The minimum Gasteiger partial charge on any atom is -0.598 e. The first-order valence-electron chi connectivity index (χ1n) is 8.47. The van der Waals surface area contributed by atoms with Crippen LogP contribution in [-0.2, 0) is 27.9 Å². The molecule has 0 spiro atoms. The van der Waals surface area contributed by atoms with Crippen molar-refractivity contribution in [2.75, 3.05) is 0 Å². The highest BCUT2D eigenvalue weighted by Gasteiger charge is 2.28. The summed E-state index contributed by atoms with van der Waals surface area (Å²) in [6, 6.07) is 13.4. The molecule has 2 aromatic carbocycles. The van der Waals surface area contributed by atoms with E-state index in [1.807, 2.05) is 20.8 Å². The van der Waals surface area contributed by atoms with E-state index in [0.717, 1.165) is 0 Å². The van der Waals surface area contributed by atoms with Gasteiger partial charge in [0.1, 0.15) is 4.75 Å². The van der Waals surface area contributed by atoms with Crippen molar-refractivity contribution in [3.63, 3.8) is 0 Å². The van der Waals surface area contributed by atoms with Gasteiger partial charge >= 0.3 is 0 Å². The predicted molar refractivity (Wildman–Crippen MR) is 118 cm³/mol. The number of hydrogen-bond acceptors (Lipinski definition) is 4. The molecule has 1 heterocycles. The first-order chi connectivity index (χ1) is 13.0. The summed E-state index contributed by atoms with van der Waals surface area (Å²) in [7, 11) is -3.85. The normalized spacial score (nSPS) is 13.8. The Morgan fingerprint density at radius 3 is 2.43 bits per heavy atom. The van der Waals surface area contributed by atoms with E-state index >= 15 is 0 Å². The SMILES string of the molecule is CC(C)(C)[S+]([O-])NCc1cc2cc(Cl)c(Br)cc2n1S(=O)(=O)c1ccccc1. The average molecular weight is 504 g/mol. The maximum Gasteiger partial charge on any atom is 0.268 e. The molecule has 1 unspecified atom stereocenters. The van der Waals surface area contributed by atoms with Crippen LogP contribution in [0.25, 0.3) is 10.9 Å². The number of hydrogen-bond donors (Lipinski definition) is 1. The van der Waals surface area contributed by atoms with Gasteiger partial charge in [0.25, 0.3) is 10.0 Å². The molecule has 0 saturated carbocycles. The van der Waals surface area contributed by atoms with Crippen LogP contribution in [0, 0.1) is 0 Å². The molecule has 0 aliphatic heterocycles. The van der Waals surface area contributed by atoms with Crippen LogP contribution >= 0.6 is 27.5 Å². The first kappa shape index (κ1) is 21.7. The Hall–Kier alpha value is -1.03. The molecule has 1 N–H and O–H groups in total. The fourth-order valence-corrected chi connectivity index (χ4v) is 5.47. The Morgan fingerprint density at radius 2 is 1.82 bits per heavy atom. The van der Waals surface area contributed by atoms with Crippen molar-refractivity contribution >= 4 is 59.8 Å². The summed E-state index contributed by atoms with van der Waals surface area (Å²) in [6.45, 7) is 5.68. The average Bonchev–Trinajstić information content (AvgIpc) is 2.97. The summed E-state index contributed by atoms with van der Waals surface area (Å²) in [4.78, 5) is 0.178. The smallest absolute Gasteiger partial charge is 0.268 e. The van der Waals surface area contributed by atoms with E-state index < -0.39 is 26.1 Å². The maximum atomic E-state index is 13.4. The van der Waals surface area contributed by atoms with Crippen LogP contribution in [-0.4, -0.2) is 21.7 Å². The standard InChI is InChI=1S/C19H20BrClN2O3S2/c1-19(2,3)27(24)22-12-14-9-13-10-17(21)16(20)11-18(13)23(14)28(25,26)15-7-5-4-6-8-15/h4-11,22H,12H2,1-3H3. The van der Waals surface area contributed by atoms with Gasteiger partial charge in [-0.15, -0.1) is 4.72 Å². The maximum absolute atomic E-state index is 13.4. The highest BCUT2D eigenvalue weighted by molar-refractivity contribution is 9.10. The lowest BCUT2D eigenvalue weighted by atomic mass is 10.2. The minimum atomic E-state index is -3.85. The number of rotatable bonds is 5. The van der Waals surface area contributed by atoms with Gasteiger partial charge in [-0.1, -0.05) is 29.8 Å². The molecule has 9 heteroatoms. The lowest BCUT2D eigenvalue weighted by Gasteiger charge is -2.23. The number of halogens is 2. The van der Waals surface area contributed by atoms with Gasteiger partial charge in [-0.2, -0.15) is 0 Å². The van der Waals surface area contributed by atoms with Gasteiger partial charge in [0.15, 0.2) is 0 Å². The summed E-state index contributed by atoms with van der Waals surface area (Å²) < 4.78 is 43.5. The fraction of sp³-hybridized carbons (Fsp3) is 0.263. The number of nitrogens with one attached hydrogen (secondary N) is 1. The third-order valence-electron chi connectivity index (χ3n) is 4.09. The van der Waals surface area contributed by atoms with Crippen molar-refractivity contribution in [2.45, 2.75) is 37.0 Å². The molecule has 0 radical (unpaired) electrons. The minimum absolute atomic E-state index is 0.125. The summed E-state index contributed by atoms with van der Waals surface area (Å²) >= 11 is 8.22. The van der Waals surface area contributed by atoms with E-state index in [-0.39, 0.29) is 11.4 Å². The van der Waals surface area contributed by atoms with Crippen LogP contribution in [0.4, 0.5) is 0 Å².